The zero-order chi connectivity index (χ0) is 17.0. The van der Waals surface area contributed by atoms with Crippen LogP contribution in [0.5, 0.6) is 0 Å². The predicted molar refractivity (Wildman–Crippen MR) is 100 cm³/mol. The van der Waals surface area contributed by atoms with Crippen LogP contribution in [0.3, 0.4) is 0 Å². The van der Waals surface area contributed by atoms with Crippen molar-refractivity contribution in [1.29, 1.82) is 0 Å². The van der Waals surface area contributed by atoms with E-state index in [1.165, 1.54) is 18.4 Å². The Bertz CT molecular complexity index is 1000. The third-order valence-electron chi connectivity index (χ3n) is 5.49. The number of aromatic nitrogens is 2. The number of fused-ring (bicyclic) bond motifs is 2. The Balaban J connectivity index is 1.52. The molecule has 0 aromatic carbocycles. The van der Waals surface area contributed by atoms with Crippen molar-refractivity contribution >= 4 is 17.0 Å². The van der Waals surface area contributed by atoms with Crippen LogP contribution in [0.4, 0.5) is 0 Å². The quantitative estimate of drug-likeness (QED) is 0.724. The van der Waals surface area contributed by atoms with E-state index in [-0.39, 0.29) is 5.56 Å². The Kier molecular flexibility index (Phi) is 3.54. The van der Waals surface area contributed by atoms with E-state index in [2.05, 4.69) is 16.3 Å². The van der Waals surface area contributed by atoms with Crippen molar-refractivity contribution in [1.82, 2.24) is 14.3 Å². The minimum absolute atomic E-state index is 0.0138. The lowest BCUT2D eigenvalue weighted by atomic mass is 9.95. The van der Waals surface area contributed by atoms with Crippen LogP contribution in [0.25, 0.3) is 5.65 Å². The van der Waals surface area contributed by atoms with Crippen molar-refractivity contribution in [2.24, 2.45) is 5.92 Å². The van der Waals surface area contributed by atoms with Gasteiger partial charge in [0.1, 0.15) is 5.65 Å². The summed E-state index contributed by atoms with van der Waals surface area (Å²) in [6.07, 6.45) is 5.56. The minimum Gasteiger partial charge on any atom is -0.290 e. The molecule has 5 rings (SSSR count). The van der Waals surface area contributed by atoms with E-state index in [1.54, 1.807) is 21.5 Å². The molecule has 25 heavy (non-hydrogen) atoms. The van der Waals surface area contributed by atoms with Crippen LogP contribution in [0.1, 0.15) is 40.6 Å². The van der Waals surface area contributed by atoms with Gasteiger partial charge in [-0.1, -0.05) is 6.07 Å². The first-order valence-corrected chi connectivity index (χ1v) is 9.87. The lowest BCUT2D eigenvalue weighted by Crippen LogP contribution is -2.36. The monoisotopic (exact) mass is 351 g/mol. The Morgan fingerprint density at radius 1 is 1.32 bits per heavy atom. The minimum atomic E-state index is 0.0138. The molecule has 1 aliphatic carbocycles. The van der Waals surface area contributed by atoms with E-state index in [4.69, 9.17) is 4.98 Å². The van der Waals surface area contributed by atoms with Gasteiger partial charge in [0.05, 0.1) is 5.69 Å². The first kappa shape index (κ1) is 15.3. The molecule has 3 aromatic rings. The van der Waals surface area contributed by atoms with Crippen LogP contribution in [0.2, 0.25) is 0 Å². The Labute approximate surface area is 150 Å². The third kappa shape index (κ3) is 2.62. The number of hydrogen-bond donors (Lipinski definition) is 0. The average Bonchev–Trinajstić information content (AvgIpc) is 3.32. The normalized spacial score (nSPS) is 20.8. The summed E-state index contributed by atoms with van der Waals surface area (Å²) in [7, 11) is 0. The number of thiophene rings is 1. The van der Waals surface area contributed by atoms with E-state index in [0.29, 0.717) is 6.04 Å². The highest BCUT2D eigenvalue weighted by atomic mass is 32.1. The van der Waals surface area contributed by atoms with Crippen LogP contribution >= 0.6 is 11.3 Å². The van der Waals surface area contributed by atoms with Crippen molar-refractivity contribution in [3.8, 4) is 0 Å². The molecule has 0 saturated heterocycles. The summed E-state index contributed by atoms with van der Waals surface area (Å²) in [4.78, 5) is 21.4. The second-order valence-electron chi connectivity index (χ2n) is 7.27. The smallest absolute Gasteiger partial charge is 0.258 e. The SMILES string of the molecule is Cc1cccn2c(=O)cc(CN3CCc4sccc4[C@@H]3C3CC3)nc12. The summed E-state index contributed by atoms with van der Waals surface area (Å²) in [5.41, 5.74) is 4.25. The highest BCUT2D eigenvalue weighted by molar-refractivity contribution is 7.10. The van der Waals surface area contributed by atoms with Gasteiger partial charge >= 0.3 is 0 Å². The Hall–Kier alpha value is -1.98. The summed E-state index contributed by atoms with van der Waals surface area (Å²) in [5.74, 6) is 0.775. The lowest BCUT2D eigenvalue weighted by Gasteiger charge is -2.36. The fraction of sp³-hybridized carbons (Fsp3) is 0.400. The molecule has 5 heteroatoms. The molecule has 0 N–H and O–H groups in total. The van der Waals surface area contributed by atoms with E-state index < -0.39 is 0 Å². The topological polar surface area (TPSA) is 37.6 Å². The van der Waals surface area contributed by atoms with Gasteiger partial charge in [-0.2, -0.15) is 0 Å². The van der Waals surface area contributed by atoms with Crippen molar-refractivity contribution in [2.45, 2.75) is 38.8 Å². The average molecular weight is 351 g/mol. The van der Waals surface area contributed by atoms with Crippen LogP contribution in [-0.4, -0.2) is 20.8 Å². The van der Waals surface area contributed by atoms with Crippen LogP contribution in [0.15, 0.2) is 40.6 Å². The molecule has 128 valence electrons. The van der Waals surface area contributed by atoms with Crippen molar-refractivity contribution < 1.29 is 0 Å². The molecule has 0 radical (unpaired) electrons. The molecule has 2 aliphatic rings. The molecule has 1 fully saturated rings. The van der Waals surface area contributed by atoms with Crippen LogP contribution in [0, 0.1) is 12.8 Å². The molecule has 0 bridgehead atoms. The molecule has 3 aromatic heterocycles. The van der Waals surface area contributed by atoms with E-state index in [1.807, 2.05) is 30.4 Å². The maximum Gasteiger partial charge on any atom is 0.258 e. The van der Waals surface area contributed by atoms with Gasteiger partial charge in [-0.25, -0.2) is 4.98 Å². The van der Waals surface area contributed by atoms with Gasteiger partial charge in [0, 0.05) is 36.3 Å². The summed E-state index contributed by atoms with van der Waals surface area (Å²) < 4.78 is 1.64. The summed E-state index contributed by atoms with van der Waals surface area (Å²) in [6, 6.07) is 8.43. The number of hydrogen-bond acceptors (Lipinski definition) is 4. The van der Waals surface area contributed by atoms with Gasteiger partial charge in [-0.3, -0.25) is 14.1 Å². The van der Waals surface area contributed by atoms with E-state index in [0.717, 1.165) is 42.3 Å². The Morgan fingerprint density at radius 2 is 2.20 bits per heavy atom. The molecular weight excluding hydrogens is 330 g/mol. The van der Waals surface area contributed by atoms with Crippen LogP contribution in [-0.2, 0) is 13.0 Å². The van der Waals surface area contributed by atoms with Crippen molar-refractivity contribution in [3.05, 3.63) is 67.9 Å². The molecule has 1 atom stereocenters. The van der Waals surface area contributed by atoms with Gasteiger partial charge in [0.15, 0.2) is 0 Å². The van der Waals surface area contributed by atoms with Gasteiger partial charge in [0.25, 0.3) is 5.56 Å². The number of rotatable bonds is 3. The van der Waals surface area contributed by atoms with Crippen LogP contribution < -0.4 is 5.56 Å². The largest absolute Gasteiger partial charge is 0.290 e. The first-order valence-electron chi connectivity index (χ1n) is 8.99. The van der Waals surface area contributed by atoms with Gasteiger partial charge < -0.3 is 0 Å². The molecular formula is C20H21N3OS. The fourth-order valence-corrected chi connectivity index (χ4v) is 5.05. The standard InChI is InChI=1S/C20H21N3OS/c1-13-3-2-8-23-18(24)11-15(21-20(13)23)12-22-9-6-17-16(7-10-25-17)19(22)14-4-5-14/h2-3,7-8,10-11,14,19H,4-6,9,12H2,1H3/t19-/m0/s1. The van der Waals surface area contributed by atoms with Gasteiger partial charge in [-0.05, 0) is 60.7 Å². The van der Waals surface area contributed by atoms with Crippen molar-refractivity contribution in [2.75, 3.05) is 6.54 Å². The molecule has 1 saturated carbocycles. The molecule has 4 heterocycles. The van der Waals surface area contributed by atoms with Gasteiger partial charge in [-0.15, -0.1) is 11.3 Å². The lowest BCUT2D eigenvalue weighted by molar-refractivity contribution is 0.156. The first-order chi connectivity index (χ1) is 12.2. The molecule has 0 spiro atoms. The molecule has 4 nitrogen and oxygen atoms in total. The fourth-order valence-electron chi connectivity index (χ4n) is 4.14. The third-order valence-corrected chi connectivity index (χ3v) is 6.49. The summed E-state index contributed by atoms with van der Waals surface area (Å²) >= 11 is 1.89. The number of pyridine rings is 1. The van der Waals surface area contributed by atoms with E-state index >= 15 is 0 Å². The summed E-state index contributed by atoms with van der Waals surface area (Å²) in [5, 5.41) is 2.23. The maximum atomic E-state index is 12.5. The molecule has 0 amide bonds. The predicted octanol–water partition coefficient (Wildman–Crippen LogP) is 3.57. The zero-order valence-electron chi connectivity index (χ0n) is 14.3. The molecule has 1 aliphatic heterocycles. The Morgan fingerprint density at radius 3 is 3.04 bits per heavy atom. The maximum absolute atomic E-state index is 12.5. The number of aryl methyl sites for hydroxylation is 1. The highest BCUT2D eigenvalue weighted by Crippen LogP contribution is 2.48. The van der Waals surface area contributed by atoms with Gasteiger partial charge in [0.2, 0.25) is 0 Å². The van der Waals surface area contributed by atoms with E-state index in [9.17, 15) is 4.79 Å². The zero-order valence-corrected chi connectivity index (χ0v) is 15.1. The molecule has 0 unspecified atom stereocenters. The highest BCUT2D eigenvalue weighted by Gasteiger charge is 2.39. The number of nitrogens with zero attached hydrogens (tertiary/aromatic N) is 3. The summed E-state index contributed by atoms with van der Waals surface area (Å²) in [6.45, 7) is 3.83. The second-order valence-corrected chi connectivity index (χ2v) is 8.27. The van der Waals surface area contributed by atoms with Crippen molar-refractivity contribution in [3.63, 3.8) is 0 Å². The second kappa shape index (κ2) is 5.78.